The van der Waals surface area contributed by atoms with Crippen molar-refractivity contribution in [3.8, 4) is 0 Å². The minimum Gasteiger partial charge on any atom is -0.343 e. The fourth-order valence-corrected chi connectivity index (χ4v) is 3.94. The molecule has 2 aromatic heterocycles. The van der Waals surface area contributed by atoms with Crippen molar-refractivity contribution in [1.82, 2.24) is 19.9 Å². The zero-order chi connectivity index (χ0) is 24.4. The summed E-state index contributed by atoms with van der Waals surface area (Å²) in [5.74, 6) is -9.35. The highest BCUT2D eigenvalue weighted by molar-refractivity contribution is 5.93. The largest absolute Gasteiger partial charge is 0.343 e. The number of hydrogen-bond donors (Lipinski definition) is 2. The number of amides is 2. The van der Waals surface area contributed by atoms with Crippen LogP contribution >= 0.6 is 0 Å². The van der Waals surface area contributed by atoms with Crippen LogP contribution in [0.25, 0.3) is 5.65 Å². The number of anilines is 2. The van der Waals surface area contributed by atoms with Gasteiger partial charge >= 0.3 is 6.03 Å². The van der Waals surface area contributed by atoms with Gasteiger partial charge in [0.1, 0.15) is 29.2 Å². The molecule has 3 aromatic rings. The van der Waals surface area contributed by atoms with Gasteiger partial charge in [-0.15, -0.1) is 5.10 Å². The zero-order valence-electron chi connectivity index (χ0n) is 17.0. The van der Waals surface area contributed by atoms with Crippen molar-refractivity contribution in [3.05, 3.63) is 53.6 Å². The summed E-state index contributed by atoms with van der Waals surface area (Å²) in [6, 6.07) is -0.0890. The summed E-state index contributed by atoms with van der Waals surface area (Å²) in [5.41, 5.74) is -1.18. The van der Waals surface area contributed by atoms with Crippen LogP contribution in [-0.4, -0.2) is 45.1 Å². The van der Waals surface area contributed by atoms with E-state index >= 15 is 0 Å². The molecule has 1 saturated carbocycles. The Morgan fingerprint density at radius 1 is 1.09 bits per heavy atom. The van der Waals surface area contributed by atoms with Crippen molar-refractivity contribution in [2.45, 2.75) is 36.8 Å². The van der Waals surface area contributed by atoms with Gasteiger partial charge in [0.15, 0.2) is 5.65 Å². The van der Waals surface area contributed by atoms with Gasteiger partial charge < -0.3 is 15.5 Å². The van der Waals surface area contributed by atoms with Crippen LogP contribution in [0.5, 0.6) is 0 Å². The molecule has 7 nitrogen and oxygen atoms in total. The number of alkyl halides is 4. The molecule has 1 saturated heterocycles. The van der Waals surface area contributed by atoms with Crippen LogP contribution < -0.4 is 15.5 Å². The van der Waals surface area contributed by atoms with Gasteiger partial charge in [-0.25, -0.2) is 40.6 Å². The Labute approximate surface area is 186 Å². The predicted molar refractivity (Wildman–Crippen MR) is 104 cm³/mol. The van der Waals surface area contributed by atoms with E-state index in [-0.39, 0.29) is 17.0 Å². The van der Waals surface area contributed by atoms with Crippen molar-refractivity contribution >= 4 is 23.2 Å². The molecule has 1 aliphatic heterocycles. The van der Waals surface area contributed by atoms with Crippen molar-refractivity contribution in [2.24, 2.45) is 0 Å². The Kier molecular flexibility index (Phi) is 4.88. The van der Waals surface area contributed by atoms with Crippen molar-refractivity contribution in [1.29, 1.82) is 0 Å². The Morgan fingerprint density at radius 2 is 1.82 bits per heavy atom. The fraction of sp³-hybridized carbons (Fsp3) is 0.350. The lowest BCUT2D eigenvalue weighted by Crippen LogP contribution is -2.33. The zero-order valence-corrected chi connectivity index (χ0v) is 17.0. The van der Waals surface area contributed by atoms with E-state index in [0.717, 1.165) is 27.6 Å². The van der Waals surface area contributed by atoms with E-state index in [2.05, 4.69) is 15.4 Å². The SMILES string of the molecule is O=C(Nc1c(F)nn2ccc(N3CC(F)(F)C[C@@H]3c3cc(F)ccc3F)nc12)NC1CC1(F)F. The summed E-state index contributed by atoms with van der Waals surface area (Å²) in [5, 5.41) is 7.54. The lowest BCUT2D eigenvalue weighted by Gasteiger charge is -2.25. The predicted octanol–water partition coefficient (Wildman–Crippen LogP) is 4.26. The standard InChI is InChI=1S/C20H15F7N6O/c21-9-1-2-11(22)10(5-9)12-6-19(24,25)8-32(12)14-3-4-33-17(29-14)15(16(23)31-33)30-18(34)28-13-7-20(13,26)27/h1-5,12-13H,6-8H2,(H2,28,30,34)/t12-,13?/m1/s1. The molecule has 1 unspecified atom stereocenters. The van der Waals surface area contributed by atoms with Gasteiger partial charge in [-0.3, -0.25) is 0 Å². The number of aromatic nitrogens is 3. The topological polar surface area (TPSA) is 74.6 Å². The van der Waals surface area contributed by atoms with Crippen LogP contribution in [-0.2, 0) is 0 Å². The highest BCUT2D eigenvalue weighted by Crippen LogP contribution is 2.44. The normalized spacial score (nSPS) is 22.7. The number of rotatable bonds is 4. The molecule has 2 atom stereocenters. The van der Waals surface area contributed by atoms with Crippen molar-refractivity contribution in [2.75, 3.05) is 16.8 Å². The molecule has 3 heterocycles. The average Bonchev–Trinajstić information content (AvgIpc) is 3.06. The Balaban J connectivity index is 1.48. The third-order valence-corrected chi connectivity index (χ3v) is 5.68. The molecule has 2 amide bonds. The van der Waals surface area contributed by atoms with Gasteiger partial charge in [0.2, 0.25) is 0 Å². The minimum absolute atomic E-state index is 0.143. The number of fused-ring (bicyclic) bond motifs is 1. The van der Waals surface area contributed by atoms with Crippen LogP contribution in [0.4, 0.5) is 47.0 Å². The molecule has 0 spiro atoms. The van der Waals surface area contributed by atoms with Crippen molar-refractivity contribution < 1.29 is 35.5 Å². The first kappa shape index (κ1) is 22.2. The first-order valence-corrected chi connectivity index (χ1v) is 10.0. The van der Waals surface area contributed by atoms with E-state index < -0.39 is 72.6 Å². The molecular weight excluding hydrogens is 473 g/mol. The Bertz CT molecular complexity index is 1300. The molecule has 1 aliphatic carbocycles. The summed E-state index contributed by atoms with van der Waals surface area (Å²) < 4.78 is 98.0. The van der Waals surface area contributed by atoms with Gasteiger partial charge in [0.25, 0.3) is 17.8 Å². The van der Waals surface area contributed by atoms with Crippen LogP contribution in [0.15, 0.2) is 30.5 Å². The maximum atomic E-state index is 14.4. The summed E-state index contributed by atoms with van der Waals surface area (Å²) >= 11 is 0. The number of carbonyl (C=O) groups excluding carboxylic acids is 1. The Morgan fingerprint density at radius 3 is 2.53 bits per heavy atom. The monoisotopic (exact) mass is 488 g/mol. The van der Waals surface area contributed by atoms with E-state index in [9.17, 15) is 35.5 Å². The van der Waals surface area contributed by atoms with Gasteiger partial charge in [-0.05, 0) is 24.3 Å². The number of hydrogen-bond acceptors (Lipinski definition) is 4. The summed E-state index contributed by atoms with van der Waals surface area (Å²) in [6.07, 6.45) is -0.202. The van der Waals surface area contributed by atoms with Gasteiger partial charge in [-0.1, -0.05) is 0 Å². The second-order valence-electron chi connectivity index (χ2n) is 8.21. The van der Waals surface area contributed by atoms with Gasteiger partial charge in [-0.2, -0.15) is 4.39 Å². The molecule has 180 valence electrons. The third kappa shape index (κ3) is 3.96. The van der Waals surface area contributed by atoms with Crippen LogP contribution in [0.1, 0.15) is 24.4 Å². The molecule has 5 rings (SSSR count). The van der Waals surface area contributed by atoms with Crippen LogP contribution in [0, 0.1) is 17.6 Å². The molecule has 34 heavy (non-hydrogen) atoms. The summed E-state index contributed by atoms with van der Waals surface area (Å²) in [7, 11) is 0. The minimum atomic E-state index is -3.26. The van der Waals surface area contributed by atoms with E-state index in [1.165, 1.54) is 12.3 Å². The summed E-state index contributed by atoms with van der Waals surface area (Å²) in [4.78, 5) is 17.1. The number of nitrogens with one attached hydrogen (secondary N) is 2. The fourth-order valence-electron chi connectivity index (χ4n) is 3.94. The van der Waals surface area contributed by atoms with Gasteiger partial charge in [0, 0.05) is 24.6 Å². The number of urea groups is 1. The quantitative estimate of drug-likeness (QED) is 0.539. The van der Waals surface area contributed by atoms with E-state index in [4.69, 9.17) is 0 Å². The first-order chi connectivity index (χ1) is 15.9. The number of benzene rings is 1. The second kappa shape index (κ2) is 7.46. The first-order valence-electron chi connectivity index (χ1n) is 10.0. The molecule has 2 fully saturated rings. The van der Waals surface area contributed by atoms with E-state index in [1.807, 2.05) is 5.32 Å². The second-order valence-corrected chi connectivity index (χ2v) is 8.21. The lowest BCUT2D eigenvalue weighted by atomic mass is 10.0. The maximum Gasteiger partial charge on any atom is 0.319 e. The van der Waals surface area contributed by atoms with E-state index in [1.54, 1.807) is 0 Å². The lowest BCUT2D eigenvalue weighted by molar-refractivity contribution is 0.0221. The molecule has 2 aliphatic rings. The molecular formula is C20H15F7N6O. The van der Waals surface area contributed by atoms with Crippen LogP contribution in [0.2, 0.25) is 0 Å². The average molecular weight is 488 g/mol. The summed E-state index contributed by atoms with van der Waals surface area (Å²) in [6.45, 7) is -0.882. The highest BCUT2D eigenvalue weighted by Gasteiger charge is 2.58. The molecule has 1 aromatic carbocycles. The highest BCUT2D eigenvalue weighted by atomic mass is 19.3. The number of halogens is 7. The van der Waals surface area contributed by atoms with E-state index in [0.29, 0.717) is 0 Å². The van der Waals surface area contributed by atoms with Crippen LogP contribution in [0.3, 0.4) is 0 Å². The molecule has 0 radical (unpaired) electrons. The number of carbonyl (C=O) groups is 1. The van der Waals surface area contributed by atoms with Crippen molar-refractivity contribution in [3.63, 3.8) is 0 Å². The molecule has 0 bridgehead atoms. The van der Waals surface area contributed by atoms with Gasteiger partial charge in [0.05, 0.1) is 12.6 Å². The molecule has 2 N–H and O–H groups in total. The maximum absolute atomic E-state index is 14.4. The third-order valence-electron chi connectivity index (χ3n) is 5.68. The number of nitrogens with zero attached hydrogens (tertiary/aromatic N) is 4. The smallest absolute Gasteiger partial charge is 0.319 e. The Hall–Kier alpha value is -3.58. The molecule has 14 heteroatoms.